The van der Waals surface area contributed by atoms with Gasteiger partial charge < -0.3 is 9.55 Å². The molecule has 0 spiro atoms. The fraction of sp³-hybridized carbons (Fsp3) is 0.278. The van der Waals surface area contributed by atoms with Crippen molar-refractivity contribution in [2.45, 2.75) is 32.2 Å². The maximum atomic E-state index is 5.61. The predicted molar refractivity (Wildman–Crippen MR) is 89.4 cm³/mol. The lowest BCUT2D eigenvalue weighted by molar-refractivity contribution is 0.495. The molecule has 3 aromatic rings. The van der Waals surface area contributed by atoms with E-state index in [2.05, 4.69) is 58.9 Å². The van der Waals surface area contributed by atoms with Gasteiger partial charge in [-0.2, -0.15) is 0 Å². The van der Waals surface area contributed by atoms with Crippen molar-refractivity contribution in [3.05, 3.63) is 63.9 Å². The van der Waals surface area contributed by atoms with Crippen LogP contribution in [0.1, 0.15) is 35.6 Å². The summed E-state index contributed by atoms with van der Waals surface area (Å²) in [4.78, 5) is 3.36. The first kappa shape index (κ1) is 12.8. The van der Waals surface area contributed by atoms with Crippen LogP contribution in [0.15, 0.2) is 42.5 Å². The standard InChI is InChI=1S/C18H18N2S/c1-12-9-10-15-17(11-12)20(18(21)19-15)16-8-4-6-13-5-2-3-7-14(13)16/h2-3,5,7,9-11,16H,4,6,8H2,1H3,(H,19,21). The van der Waals surface area contributed by atoms with Crippen LogP contribution in [-0.4, -0.2) is 9.55 Å². The molecule has 1 unspecified atom stereocenters. The van der Waals surface area contributed by atoms with Crippen molar-refractivity contribution in [3.8, 4) is 0 Å². The van der Waals surface area contributed by atoms with E-state index >= 15 is 0 Å². The number of hydrogen-bond donors (Lipinski definition) is 1. The maximum Gasteiger partial charge on any atom is 0.178 e. The van der Waals surface area contributed by atoms with Gasteiger partial charge in [-0.25, -0.2) is 0 Å². The van der Waals surface area contributed by atoms with Gasteiger partial charge >= 0.3 is 0 Å². The first-order valence-corrected chi connectivity index (χ1v) is 7.93. The molecule has 1 aliphatic carbocycles. The third kappa shape index (κ3) is 2.04. The van der Waals surface area contributed by atoms with Gasteiger partial charge in [-0.05, 0) is 67.2 Å². The van der Waals surface area contributed by atoms with Gasteiger partial charge in [0.1, 0.15) is 0 Å². The molecular formula is C18H18N2S. The van der Waals surface area contributed by atoms with Crippen LogP contribution in [-0.2, 0) is 6.42 Å². The summed E-state index contributed by atoms with van der Waals surface area (Å²) < 4.78 is 3.15. The molecule has 1 N–H and O–H groups in total. The monoisotopic (exact) mass is 294 g/mol. The first-order valence-electron chi connectivity index (χ1n) is 7.53. The highest BCUT2D eigenvalue weighted by Crippen LogP contribution is 2.35. The molecule has 0 amide bonds. The lowest BCUT2D eigenvalue weighted by Gasteiger charge is -2.27. The summed E-state index contributed by atoms with van der Waals surface area (Å²) >= 11 is 5.61. The van der Waals surface area contributed by atoms with Crippen LogP contribution in [0.3, 0.4) is 0 Å². The predicted octanol–water partition coefficient (Wildman–Crippen LogP) is 4.93. The van der Waals surface area contributed by atoms with E-state index in [1.165, 1.54) is 35.0 Å². The Balaban J connectivity index is 1.98. The molecule has 1 aromatic heterocycles. The Morgan fingerprint density at radius 3 is 2.95 bits per heavy atom. The molecule has 0 fully saturated rings. The SMILES string of the molecule is Cc1ccc2[nH]c(=S)n(C3CCCc4ccccc43)c2c1. The molecule has 0 saturated heterocycles. The van der Waals surface area contributed by atoms with Crippen LogP contribution in [0, 0.1) is 11.7 Å². The minimum atomic E-state index is 0.359. The Kier molecular flexibility index (Phi) is 2.96. The van der Waals surface area contributed by atoms with E-state index in [0.717, 1.165) is 16.7 Å². The minimum absolute atomic E-state index is 0.359. The van der Waals surface area contributed by atoms with Gasteiger partial charge in [0.15, 0.2) is 4.77 Å². The molecule has 0 radical (unpaired) electrons. The van der Waals surface area contributed by atoms with E-state index in [1.54, 1.807) is 0 Å². The number of nitrogens with one attached hydrogen (secondary N) is 1. The summed E-state index contributed by atoms with van der Waals surface area (Å²) in [5, 5.41) is 0. The summed E-state index contributed by atoms with van der Waals surface area (Å²) in [5.74, 6) is 0. The zero-order chi connectivity index (χ0) is 14.4. The number of fused-ring (bicyclic) bond motifs is 2. The Labute approximate surface area is 129 Å². The second-order valence-corrected chi connectivity index (χ2v) is 6.31. The average Bonchev–Trinajstić information content (AvgIpc) is 2.82. The third-order valence-corrected chi connectivity index (χ3v) is 4.82. The quantitative estimate of drug-likeness (QED) is 0.631. The summed E-state index contributed by atoms with van der Waals surface area (Å²) in [6, 6.07) is 15.6. The van der Waals surface area contributed by atoms with Crippen molar-refractivity contribution in [1.29, 1.82) is 0 Å². The normalized spacial score (nSPS) is 17.9. The second-order valence-electron chi connectivity index (χ2n) is 5.93. The number of aryl methyl sites for hydroxylation is 2. The van der Waals surface area contributed by atoms with Crippen molar-refractivity contribution in [3.63, 3.8) is 0 Å². The molecule has 1 aliphatic rings. The highest BCUT2D eigenvalue weighted by molar-refractivity contribution is 7.71. The molecule has 0 saturated carbocycles. The smallest absolute Gasteiger partial charge is 0.178 e. The molecule has 2 nitrogen and oxygen atoms in total. The lowest BCUT2D eigenvalue weighted by Crippen LogP contribution is -2.17. The molecular weight excluding hydrogens is 276 g/mol. The highest BCUT2D eigenvalue weighted by Gasteiger charge is 2.23. The Morgan fingerprint density at radius 1 is 1.19 bits per heavy atom. The van der Waals surface area contributed by atoms with Crippen LogP contribution in [0.2, 0.25) is 0 Å². The van der Waals surface area contributed by atoms with E-state index in [9.17, 15) is 0 Å². The number of benzene rings is 2. The van der Waals surface area contributed by atoms with E-state index in [4.69, 9.17) is 12.2 Å². The van der Waals surface area contributed by atoms with Crippen molar-refractivity contribution in [2.75, 3.05) is 0 Å². The molecule has 1 atom stereocenters. The van der Waals surface area contributed by atoms with Crippen LogP contribution in [0.5, 0.6) is 0 Å². The molecule has 4 rings (SSSR count). The number of aromatic nitrogens is 2. The zero-order valence-electron chi connectivity index (χ0n) is 12.1. The summed E-state index contributed by atoms with van der Waals surface area (Å²) in [6.07, 6.45) is 3.57. The fourth-order valence-electron chi connectivity index (χ4n) is 3.54. The second kappa shape index (κ2) is 4.85. The Bertz CT molecular complexity index is 872. The average molecular weight is 294 g/mol. The van der Waals surface area contributed by atoms with Gasteiger partial charge in [-0.1, -0.05) is 30.3 Å². The Hall–Kier alpha value is -1.87. The van der Waals surface area contributed by atoms with Crippen molar-refractivity contribution < 1.29 is 0 Å². The summed E-state index contributed by atoms with van der Waals surface area (Å²) in [6.45, 7) is 2.13. The molecule has 0 bridgehead atoms. The van der Waals surface area contributed by atoms with Crippen molar-refractivity contribution in [2.24, 2.45) is 0 Å². The van der Waals surface area contributed by atoms with Gasteiger partial charge in [0.25, 0.3) is 0 Å². The van der Waals surface area contributed by atoms with E-state index in [-0.39, 0.29) is 0 Å². The van der Waals surface area contributed by atoms with E-state index < -0.39 is 0 Å². The number of imidazole rings is 1. The highest BCUT2D eigenvalue weighted by atomic mass is 32.1. The maximum absolute atomic E-state index is 5.61. The van der Waals surface area contributed by atoms with Crippen molar-refractivity contribution in [1.82, 2.24) is 9.55 Å². The largest absolute Gasteiger partial charge is 0.331 e. The van der Waals surface area contributed by atoms with Crippen LogP contribution >= 0.6 is 12.2 Å². The molecule has 2 aromatic carbocycles. The lowest BCUT2D eigenvalue weighted by atomic mass is 9.87. The zero-order valence-corrected chi connectivity index (χ0v) is 12.9. The summed E-state index contributed by atoms with van der Waals surface area (Å²) in [5.41, 5.74) is 6.53. The number of hydrogen-bond acceptors (Lipinski definition) is 1. The van der Waals surface area contributed by atoms with Crippen molar-refractivity contribution >= 4 is 23.3 Å². The molecule has 3 heteroatoms. The first-order chi connectivity index (χ1) is 10.2. The number of aromatic amines is 1. The van der Waals surface area contributed by atoms with Gasteiger partial charge in [0.05, 0.1) is 17.1 Å². The number of H-pyrrole nitrogens is 1. The van der Waals surface area contributed by atoms with Gasteiger partial charge in [-0.3, -0.25) is 0 Å². The molecule has 0 aliphatic heterocycles. The minimum Gasteiger partial charge on any atom is -0.331 e. The van der Waals surface area contributed by atoms with Gasteiger partial charge in [0, 0.05) is 0 Å². The molecule has 21 heavy (non-hydrogen) atoms. The van der Waals surface area contributed by atoms with Gasteiger partial charge in [-0.15, -0.1) is 0 Å². The Morgan fingerprint density at radius 2 is 2.05 bits per heavy atom. The topological polar surface area (TPSA) is 20.7 Å². The van der Waals surface area contributed by atoms with E-state index in [1.807, 2.05) is 0 Å². The fourth-order valence-corrected chi connectivity index (χ4v) is 3.87. The number of rotatable bonds is 1. The van der Waals surface area contributed by atoms with Crippen LogP contribution in [0.4, 0.5) is 0 Å². The van der Waals surface area contributed by atoms with Crippen LogP contribution in [0.25, 0.3) is 11.0 Å². The number of nitrogens with zero attached hydrogens (tertiary/aromatic N) is 1. The van der Waals surface area contributed by atoms with Gasteiger partial charge in [0.2, 0.25) is 0 Å². The third-order valence-electron chi connectivity index (χ3n) is 4.52. The molecule has 106 valence electrons. The van der Waals surface area contributed by atoms with Crippen LogP contribution < -0.4 is 0 Å². The summed E-state index contributed by atoms with van der Waals surface area (Å²) in [7, 11) is 0. The van der Waals surface area contributed by atoms with E-state index in [0.29, 0.717) is 6.04 Å². The molecule has 1 heterocycles.